The maximum atomic E-state index is 13.3. The van der Waals surface area contributed by atoms with Gasteiger partial charge in [0.1, 0.15) is 0 Å². The van der Waals surface area contributed by atoms with Gasteiger partial charge in [-0.1, -0.05) is 34.6 Å². The summed E-state index contributed by atoms with van der Waals surface area (Å²) in [5.74, 6) is -0.225. The van der Waals surface area contributed by atoms with Gasteiger partial charge in [-0.25, -0.2) is 0 Å². The molecule has 30 heteroatoms. The fraction of sp³-hybridized carbons (Fsp3) is 0.957. The number of methoxy groups -OCH3 is 1. The lowest BCUT2D eigenvalue weighted by Crippen LogP contribution is -2.57. The largest absolute Gasteiger partial charge is 0.382 e. The fourth-order valence-electron chi connectivity index (χ4n) is 8.09. The molecule has 0 fully saturated rings. The Morgan fingerprint density at radius 3 is 0.707 bits per heavy atom. The third-order valence-electron chi connectivity index (χ3n) is 13.2. The van der Waals surface area contributed by atoms with Gasteiger partial charge < -0.3 is 130 Å². The summed E-state index contributed by atoms with van der Waals surface area (Å²) in [6.07, 6.45) is 2.10. The number of Topliss-reactive ketones (excluding diaryl/α,β-unsaturated/α-hetero) is 1. The number of ketones is 1. The van der Waals surface area contributed by atoms with Crippen LogP contribution in [0.4, 0.5) is 0 Å². The topological polar surface area (TPSA) is 309 Å². The molecule has 2 amide bonds. The van der Waals surface area contributed by atoms with Crippen molar-refractivity contribution in [2.45, 2.75) is 98.7 Å². The number of unbranched alkanes of at least 4 members (excludes halogenated alkanes) is 1. The Kier molecular flexibility index (Phi) is 73.5. The predicted molar refractivity (Wildman–Crippen MR) is 370 cm³/mol. The summed E-state index contributed by atoms with van der Waals surface area (Å²) in [4.78, 5) is 38.8. The number of carbonyl (C=O) groups is 3. The van der Waals surface area contributed by atoms with Gasteiger partial charge in [0.2, 0.25) is 11.8 Å². The molecule has 0 unspecified atom stereocenters. The first-order valence-corrected chi connectivity index (χ1v) is 35.8. The minimum Gasteiger partial charge on any atom is -0.382 e. The van der Waals surface area contributed by atoms with Gasteiger partial charge >= 0.3 is 0 Å². The van der Waals surface area contributed by atoms with E-state index in [1.54, 1.807) is 7.11 Å². The lowest BCUT2D eigenvalue weighted by Gasteiger charge is -2.32. The Hall–Kier alpha value is -2.39. The highest BCUT2D eigenvalue weighted by atomic mass is 16.6. The van der Waals surface area contributed by atoms with Gasteiger partial charge in [-0.3, -0.25) is 14.4 Å². The van der Waals surface area contributed by atoms with E-state index >= 15 is 0 Å². The van der Waals surface area contributed by atoms with Crippen LogP contribution in [0.15, 0.2) is 0 Å². The summed E-state index contributed by atoms with van der Waals surface area (Å²) < 4.78 is 132. The summed E-state index contributed by atoms with van der Waals surface area (Å²) in [5, 5.41) is 9.32. The molecule has 590 valence electrons. The molecule has 0 radical (unpaired) electrons. The number of nitrogens with one attached hydrogen (secondary N) is 3. The maximum Gasteiger partial charge on any atom is 0.237 e. The molecular formula is C69H137N3O27. The summed E-state index contributed by atoms with van der Waals surface area (Å²) in [6.45, 7) is 38.5. The second-order valence-corrected chi connectivity index (χ2v) is 24.5. The highest BCUT2D eigenvalue weighted by Gasteiger charge is 2.34. The minimum absolute atomic E-state index is 0.00407. The normalized spacial score (nSPS) is 12.7. The summed E-state index contributed by atoms with van der Waals surface area (Å²) in [7, 11) is 1.64. The molecule has 0 aliphatic rings. The quantitative estimate of drug-likeness (QED) is 0.0736. The van der Waals surface area contributed by atoms with Crippen LogP contribution < -0.4 is 16.0 Å². The lowest BCUT2D eigenvalue weighted by atomic mass is 9.84. The number of hydrogen-bond donors (Lipinski definition) is 3. The molecule has 0 aromatic heterocycles. The number of amides is 2. The average Bonchev–Trinajstić information content (AvgIpc) is 0.883. The zero-order chi connectivity index (χ0) is 72.3. The second kappa shape index (κ2) is 75.3. The van der Waals surface area contributed by atoms with Crippen LogP contribution in [0.25, 0.3) is 0 Å². The van der Waals surface area contributed by atoms with E-state index in [0.717, 1.165) is 0 Å². The smallest absolute Gasteiger partial charge is 0.237 e. The summed E-state index contributed by atoms with van der Waals surface area (Å²) in [5.41, 5.74) is -0.853. The molecule has 2 atom stereocenters. The molecule has 0 aromatic rings. The molecular weight excluding hydrogens is 1300 g/mol. The van der Waals surface area contributed by atoms with Crippen LogP contribution >= 0.6 is 0 Å². The van der Waals surface area contributed by atoms with Crippen molar-refractivity contribution in [1.29, 1.82) is 0 Å². The summed E-state index contributed by atoms with van der Waals surface area (Å²) >= 11 is 0. The number of carbonyl (C=O) groups excluding carboxylic acids is 3. The van der Waals surface area contributed by atoms with Crippen LogP contribution in [-0.2, 0) is 128 Å². The molecule has 0 aliphatic heterocycles. The molecule has 0 spiro atoms. The first-order valence-electron chi connectivity index (χ1n) is 35.8. The molecule has 0 heterocycles. The Balaban J connectivity index is 3.29. The minimum atomic E-state index is -0.598. The van der Waals surface area contributed by atoms with Crippen molar-refractivity contribution in [2.24, 2.45) is 11.3 Å². The Bertz CT molecular complexity index is 1690. The lowest BCUT2D eigenvalue weighted by molar-refractivity contribution is -0.134. The molecule has 3 N–H and O–H groups in total. The molecule has 30 nitrogen and oxygen atoms in total. The number of ether oxygens (including phenoxy) is 24. The van der Waals surface area contributed by atoms with E-state index in [1.165, 1.54) is 0 Å². The standard InChI is InChI=1S/C69H137N3O27/c1-62(2)65(72-69(6,7)8)67(75)71-63(66(74)68(3,4)5)12-10-11-14-70-64(73)13-15-77-18-19-79-22-23-81-26-27-83-30-31-85-34-35-87-38-39-89-42-43-91-46-47-93-50-51-95-54-55-97-58-59-99-61-60-98-57-56-96-53-52-94-49-48-92-45-44-90-41-40-88-37-36-86-33-32-84-29-28-82-25-24-80-21-20-78-17-16-76-9/h62-63,65,72H,10-61H2,1-9H3,(H,70,73)(H,71,75)/t63-,65-/m0/s1. The summed E-state index contributed by atoms with van der Waals surface area (Å²) in [6, 6.07) is -1.01. The third kappa shape index (κ3) is 75.1. The second-order valence-electron chi connectivity index (χ2n) is 24.5. The van der Waals surface area contributed by atoms with Gasteiger partial charge in [-0.05, 0) is 46.0 Å². The monoisotopic (exact) mass is 1440 g/mol. The predicted octanol–water partition coefficient (Wildman–Crippen LogP) is 3.20. The van der Waals surface area contributed by atoms with E-state index in [1.807, 2.05) is 55.4 Å². The van der Waals surface area contributed by atoms with Gasteiger partial charge in [-0.2, -0.15) is 0 Å². The van der Waals surface area contributed by atoms with Crippen molar-refractivity contribution in [3.63, 3.8) is 0 Å². The van der Waals surface area contributed by atoms with Gasteiger partial charge in [0.25, 0.3) is 0 Å². The first-order chi connectivity index (χ1) is 48.2. The molecule has 99 heavy (non-hydrogen) atoms. The van der Waals surface area contributed by atoms with Crippen molar-refractivity contribution in [2.75, 3.05) is 324 Å². The van der Waals surface area contributed by atoms with Crippen molar-refractivity contribution < 1.29 is 128 Å². The van der Waals surface area contributed by atoms with Crippen LogP contribution in [-0.4, -0.2) is 359 Å². The van der Waals surface area contributed by atoms with Crippen LogP contribution in [0.5, 0.6) is 0 Å². The van der Waals surface area contributed by atoms with Crippen LogP contribution in [0.3, 0.4) is 0 Å². The first kappa shape index (κ1) is 96.6. The average molecular weight is 1440 g/mol. The van der Waals surface area contributed by atoms with E-state index in [2.05, 4.69) is 16.0 Å². The van der Waals surface area contributed by atoms with E-state index in [-0.39, 0.29) is 42.1 Å². The highest BCUT2D eigenvalue weighted by molar-refractivity contribution is 5.93. The maximum absolute atomic E-state index is 13.3. The van der Waals surface area contributed by atoms with Gasteiger partial charge in [-0.15, -0.1) is 0 Å². The molecule has 0 bridgehead atoms. The van der Waals surface area contributed by atoms with Gasteiger partial charge in [0, 0.05) is 31.0 Å². The highest BCUT2D eigenvalue weighted by Crippen LogP contribution is 2.20. The van der Waals surface area contributed by atoms with Crippen molar-refractivity contribution in [3.05, 3.63) is 0 Å². The van der Waals surface area contributed by atoms with Crippen LogP contribution in [0, 0.1) is 11.3 Å². The van der Waals surface area contributed by atoms with Crippen molar-refractivity contribution in [1.82, 2.24) is 16.0 Å². The van der Waals surface area contributed by atoms with Gasteiger partial charge in [0.05, 0.1) is 323 Å². The van der Waals surface area contributed by atoms with Crippen molar-refractivity contribution >= 4 is 17.6 Å². The molecule has 0 aliphatic carbocycles. The van der Waals surface area contributed by atoms with E-state index in [0.29, 0.717) is 330 Å². The number of hydrogen-bond acceptors (Lipinski definition) is 28. The van der Waals surface area contributed by atoms with Crippen molar-refractivity contribution in [3.8, 4) is 0 Å². The SMILES string of the molecule is COCCOCCOCCOCCOCCOCCOCCOCCOCCOCCOCCOCCOCCOCCOCCOCCOCCOCCOCCOCCOCCOCCOCCOCCC(=O)NCCCC[C@H](NC(=O)[C@@H](NC(C)(C)C)C(C)C)C(=O)C(C)(C)C. The molecule has 0 rings (SSSR count). The zero-order valence-electron chi connectivity index (χ0n) is 62.5. The molecule has 0 saturated carbocycles. The zero-order valence-corrected chi connectivity index (χ0v) is 62.5. The molecule has 0 saturated heterocycles. The Morgan fingerprint density at radius 1 is 0.303 bits per heavy atom. The molecule has 0 aromatic carbocycles. The van der Waals surface area contributed by atoms with E-state index in [9.17, 15) is 14.4 Å². The third-order valence-corrected chi connectivity index (χ3v) is 13.2. The van der Waals surface area contributed by atoms with E-state index < -0.39 is 17.5 Å². The van der Waals surface area contributed by atoms with E-state index in [4.69, 9.17) is 114 Å². The number of rotatable bonds is 82. The fourth-order valence-corrected chi connectivity index (χ4v) is 8.09. The van der Waals surface area contributed by atoms with Crippen LogP contribution in [0.1, 0.15) is 81.1 Å². The van der Waals surface area contributed by atoms with Gasteiger partial charge in [0.15, 0.2) is 5.78 Å². The Labute approximate surface area is 593 Å². The van der Waals surface area contributed by atoms with Crippen LogP contribution in [0.2, 0.25) is 0 Å². The Morgan fingerprint density at radius 2 is 0.515 bits per heavy atom.